The summed E-state index contributed by atoms with van der Waals surface area (Å²) < 4.78 is 34.5. The average molecular weight is 1460 g/mol. The molecule has 0 bridgehead atoms. The molecule has 0 aromatic rings. The second-order valence-electron chi connectivity index (χ2n) is 30.3. The van der Waals surface area contributed by atoms with Crippen molar-refractivity contribution in [2.24, 2.45) is 0 Å². The number of carbonyl (C=O) groups excluding carboxylic acids is 1. The molecule has 19 nitrogen and oxygen atoms in total. The van der Waals surface area contributed by atoms with E-state index in [1.165, 1.54) is 283 Å². The van der Waals surface area contributed by atoms with Gasteiger partial charge in [0.15, 0.2) is 18.9 Å². The number of ether oxygens (including phenoxy) is 6. The van der Waals surface area contributed by atoms with Crippen molar-refractivity contribution in [2.45, 2.75) is 458 Å². The predicted octanol–water partition coefficient (Wildman–Crippen LogP) is 14.7. The Morgan fingerprint density at radius 2 is 0.627 bits per heavy atom. The third kappa shape index (κ3) is 43.3. The van der Waals surface area contributed by atoms with E-state index in [2.05, 4.69) is 43.5 Å². The van der Waals surface area contributed by atoms with Crippen molar-refractivity contribution < 1.29 is 89.4 Å². The van der Waals surface area contributed by atoms with Crippen molar-refractivity contribution in [1.29, 1.82) is 0 Å². The molecule has 0 saturated carbocycles. The molecule has 600 valence electrons. The molecule has 3 fully saturated rings. The van der Waals surface area contributed by atoms with Gasteiger partial charge in [0.2, 0.25) is 5.91 Å². The molecule has 17 atom stereocenters. The van der Waals surface area contributed by atoms with E-state index in [0.29, 0.717) is 12.8 Å². The van der Waals surface area contributed by atoms with Crippen molar-refractivity contribution in [2.75, 3.05) is 26.4 Å². The predicted molar refractivity (Wildman–Crippen MR) is 406 cm³/mol. The fourth-order valence-electron chi connectivity index (χ4n) is 14.4. The van der Waals surface area contributed by atoms with Crippen LogP contribution in [0.15, 0.2) is 36.5 Å². The van der Waals surface area contributed by atoms with Gasteiger partial charge in [-0.15, -0.1) is 0 Å². The van der Waals surface area contributed by atoms with Crippen molar-refractivity contribution >= 4 is 5.91 Å². The summed E-state index contributed by atoms with van der Waals surface area (Å²) in [5.74, 6) is -0.280. The van der Waals surface area contributed by atoms with E-state index in [1.807, 2.05) is 6.08 Å². The molecule has 3 rings (SSSR count). The Kier molecular flexibility index (Phi) is 59.0. The summed E-state index contributed by atoms with van der Waals surface area (Å²) in [6.45, 7) is 1.77. The van der Waals surface area contributed by atoms with Gasteiger partial charge in [0, 0.05) is 6.42 Å². The molecular weight excluding hydrogens is 1300 g/mol. The monoisotopic (exact) mass is 1450 g/mol. The first-order valence-corrected chi connectivity index (χ1v) is 42.2. The number of unbranched alkanes of at least 4 members (excludes halogenated alkanes) is 48. The number of allylic oxidation sites excluding steroid dienone is 5. The Morgan fingerprint density at radius 3 is 0.980 bits per heavy atom. The lowest BCUT2D eigenvalue weighted by Crippen LogP contribution is -2.66. The molecule has 3 heterocycles. The van der Waals surface area contributed by atoms with Crippen LogP contribution in [0.4, 0.5) is 0 Å². The Hall–Kier alpha value is -1.99. The minimum absolute atomic E-state index is 0.238. The Morgan fingerprint density at radius 1 is 0.343 bits per heavy atom. The first kappa shape index (κ1) is 94.2. The first-order chi connectivity index (χ1) is 49.8. The van der Waals surface area contributed by atoms with Gasteiger partial charge in [-0.1, -0.05) is 326 Å². The van der Waals surface area contributed by atoms with Gasteiger partial charge in [0.25, 0.3) is 0 Å². The summed E-state index contributed by atoms with van der Waals surface area (Å²) in [5.41, 5.74) is 0. The second-order valence-corrected chi connectivity index (χ2v) is 30.3. The number of hydrogen-bond acceptors (Lipinski definition) is 18. The number of aliphatic hydroxyl groups excluding tert-OH is 11. The van der Waals surface area contributed by atoms with Gasteiger partial charge in [-0.3, -0.25) is 4.79 Å². The lowest BCUT2D eigenvalue weighted by atomic mass is 9.96. The fourth-order valence-corrected chi connectivity index (χ4v) is 14.4. The van der Waals surface area contributed by atoms with Gasteiger partial charge in [-0.2, -0.15) is 0 Å². The number of carbonyl (C=O) groups is 1. The fraction of sp³-hybridized carbons (Fsp3) is 0.916. The van der Waals surface area contributed by atoms with Crippen molar-refractivity contribution in [3.8, 4) is 0 Å². The number of nitrogens with one attached hydrogen (secondary N) is 1. The van der Waals surface area contributed by atoms with Crippen LogP contribution in [0, 0.1) is 0 Å². The van der Waals surface area contributed by atoms with E-state index >= 15 is 0 Å². The average Bonchev–Trinajstić information content (AvgIpc) is 0.781. The Bertz CT molecular complexity index is 1980. The molecule has 19 heteroatoms. The molecule has 3 aliphatic rings. The van der Waals surface area contributed by atoms with E-state index in [0.717, 1.165) is 38.5 Å². The molecule has 0 aromatic heterocycles. The van der Waals surface area contributed by atoms with Crippen LogP contribution in [0.3, 0.4) is 0 Å². The normalized spacial score (nSPS) is 26.3. The number of hydrogen-bond donors (Lipinski definition) is 12. The van der Waals surface area contributed by atoms with Crippen LogP contribution in [-0.2, 0) is 33.2 Å². The molecule has 3 aliphatic heterocycles. The molecule has 0 radical (unpaired) electrons. The maximum atomic E-state index is 13.5. The smallest absolute Gasteiger partial charge is 0.220 e. The molecule has 0 spiro atoms. The highest BCUT2D eigenvalue weighted by atomic mass is 16.8. The summed E-state index contributed by atoms with van der Waals surface area (Å²) in [5, 5.41) is 121. The van der Waals surface area contributed by atoms with Crippen LogP contribution < -0.4 is 5.32 Å². The first-order valence-electron chi connectivity index (χ1n) is 42.2. The van der Waals surface area contributed by atoms with Crippen LogP contribution in [0.5, 0.6) is 0 Å². The minimum atomic E-state index is -1.98. The van der Waals surface area contributed by atoms with Crippen LogP contribution in [0.2, 0.25) is 0 Å². The highest BCUT2D eigenvalue weighted by Gasteiger charge is 2.54. The zero-order chi connectivity index (χ0) is 73.9. The van der Waals surface area contributed by atoms with E-state index in [4.69, 9.17) is 28.4 Å². The topological polar surface area (TPSA) is 307 Å². The third-order valence-electron chi connectivity index (χ3n) is 21.2. The zero-order valence-corrected chi connectivity index (χ0v) is 64.4. The third-order valence-corrected chi connectivity index (χ3v) is 21.2. The second kappa shape index (κ2) is 63.9. The van der Waals surface area contributed by atoms with Gasteiger partial charge >= 0.3 is 0 Å². The summed E-state index contributed by atoms with van der Waals surface area (Å²) in [4.78, 5) is 13.5. The Labute approximate surface area is 619 Å². The van der Waals surface area contributed by atoms with Crippen LogP contribution in [0.1, 0.15) is 354 Å². The van der Waals surface area contributed by atoms with Gasteiger partial charge in [-0.25, -0.2) is 0 Å². The highest BCUT2D eigenvalue weighted by molar-refractivity contribution is 5.76. The van der Waals surface area contributed by atoms with Gasteiger partial charge in [0.1, 0.15) is 73.2 Å². The van der Waals surface area contributed by atoms with Crippen molar-refractivity contribution in [1.82, 2.24) is 5.32 Å². The molecule has 17 unspecified atom stereocenters. The van der Waals surface area contributed by atoms with E-state index in [-0.39, 0.29) is 18.9 Å². The number of rotatable bonds is 68. The quantitative estimate of drug-likeness (QED) is 0.0199. The van der Waals surface area contributed by atoms with Crippen LogP contribution in [0.25, 0.3) is 0 Å². The number of aliphatic hydroxyl groups is 11. The van der Waals surface area contributed by atoms with Gasteiger partial charge in [0.05, 0.1) is 38.6 Å². The lowest BCUT2D eigenvalue weighted by molar-refractivity contribution is -0.379. The molecule has 0 aromatic carbocycles. The number of amides is 1. The SMILES string of the molecule is CCCCCCCCCC/C=C\CCCCCCCCCCCCCCCC(=O)NC(COC1OC(CO)C(OC2OC(CO)C(OC3OC(CO)C(O)C(O)C3O)C(O)C2O)C(O)C1O)C(O)/C=C/CC/C=C/CCCCCCCCCCCCCCCCCCCCCCCCCCCC. The molecule has 12 N–H and O–H groups in total. The lowest BCUT2D eigenvalue weighted by Gasteiger charge is -2.48. The minimum Gasteiger partial charge on any atom is -0.394 e. The molecule has 102 heavy (non-hydrogen) atoms. The molecule has 1 amide bonds. The van der Waals surface area contributed by atoms with Crippen LogP contribution >= 0.6 is 0 Å². The largest absolute Gasteiger partial charge is 0.394 e. The zero-order valence-electron chi connectivity index (χ0n) is 64.4. The molecule has 3 saturated heterocycles. The van der Waals surface area contributed by atoms with E-state index < -0.39 is 124 Å². The van der Waals surface area contributed by atoms with E-state index in [1.54, 1.807) is 6.08 Å². The summed E-state index contributed by atoms with van der Waals surface area (Å²) >= 11 is 0. The summed E-state index contributed by atoms with van der Waals surface area (Å²) in [6.07, 6.45) is 52.9. The van der Waals surface area contributed by atoms with Crippen molar-refractivity contribution in [3.05, 3.63) is 36.5 Å². The summed E-state index contributed by atoms with van der Waals surface area (Å²) in [7, 11) is 0. The van der Waals surface area contributed by atoms with Gasteiger partial charge in [-0.05, 0) is 57.8 Å². The molecule has 0 aliphatic carbocycles. The highest BCUT2D eigenvalue weighted by Crippen LogP contribution is 2.33. The van der Waals surface area contributed by atoms with Gasteiger partial charge < -0.3 is 89.9 Å². The summed E-state index contributed by atoms with van der Waals surface area (Å²) in [6, 6.07) is -0.991. The van der Waals surface area contributed by atoms with Crippen molar-refractivity contribution in [3.63, 3.8) is 0 Å². The van der Waals surface area contributed by atoms with E-state index in [9.17, 15) is 61.0 Å². The molecular formula is C83H155NO18. The maximum Gasteiger partial charge on any atom is 0.220 e. The van der Waals surface area contributed by atoms with Crippen LogP contribution in [-0.4, -0.2) is 193 Å². The Balaban J connectivity index is 1.37. The standard InChI is InChI=1S/C83H155NO18/c1-3-5-7-9-11-13-15-17-19-21-23-25-27-29-30-31-32-33-34-35-37-38-40-42-44-46-48-50-52-54-56-58-60-67(88)66(84-71(89)61-59-57-55-53-51-49-47-45-43-41-39-36-28-26-24-22-20-18-16-14-12-10-8-6-4-2)65-97-81-77(95)74(92)79(69(63-86)99-81)102-83-78(96)75(93)80(70(64-87)100-83)101-82-76(94)73(91)72(90)68(62-85)98-82/h22,24,50,52,58,60,66-70,72-83,85-88,90-96H,3-21,23,25-49,51,53-57,59,61-65H2,1-2H3,(H,84,89)/b24-22-,52-50+,60-58+. The maximum absolute atomic E-state index is 13.5.